The molecule has 0 saturated carbocycles. The quantitative estimate of drug-likeness (QED) is 0.264. The van der Waals surface area contributed by atoms with Gasteiger partial charge in [-0.05, 0) is 47.4 Å². The van der Waals surface area contributed by atoms with Crippen molar-refractivity contribution in [2.45, 2.75) is 44.4 Å². The normalized spacial score (nSPS) is 12.7. The molecule has 2 N–H and O–H groups in total. The highest BCUT2D eigenvalue weighted by atomic mass is 32.2. The second kappa shape index (κ2) is 10.1. The van der Waals surface area contributed by atoms with Crippen molar-refractivity contribution in [2.75, 3.05) is 0 Å². The SMILES string of the molecule is CCCCc1nc2ccc(-n3c(O)c4n(c3=O)CSC4)cc2n1Cc1ccc(-c2ccccc2)c(C(=O)O)c1. The van der Waals surface area contributed by atoms with Crippen LogP contribution in [0.25, 0.3) is 27.8 Å². The summed E-state index contributed by atoms with van der Waals surface area (Å²) in [7, 11) is 0. The number of thioether (sulfide) groups is 1. The van der Waals surface area contributed by atoms with E-state index in [0.717, 1.165) is 47.2 Å². The van der Waals surface area contributed by atoms with Gasteiger partial charge in [0.2, 0.25) is 5.88 Å². The number of unbranched alkanes of at least 4 members (excludes halogenated alkanes) is 1. The lowest BCUT2D eigenvalue weighted by atomic mass is 9.97. The number of rotatable bonds is 8. The van der Waals surface area contributed by atoms with Crippen molar-refractivity contribution in [2.24, 2.45) is 0 Å². The molecule has 8 nitrogen and oxygen atoms in total. The fourth-order valence-electron chi connectivity index (χ4n) is 5.24. The number of carboxylic acid groups (broad SMARTS) is 1. The van der Waals surface area contributed by atoms with Crippen molar-refractivity contribution in [3.05, 3.63) is 99.9 Å². The first-order chi connectivity index (χ1) is 19.0. The molecular formula is C30H28N4O4S. The predicted octanol–water partition coefficient (Wildman–Crippen LogP) is 5.65. The zero-order chi connectivity index (χ0) is 27.1. The van der Waals surface area contributed by atoms with Crippen LogP contribution >= 0.6 is 11.8 Å². The fourth-order valence-corrected chi connectivity index (χ4v) is 6.26. The lowest BCUT2D eigenvalue weighted by molar-refractivity contribution is 0.0697. The van der Waals surface area contributed by atoms with E-state index in [1.54, 1.807) is 22.4 Å². The highest BCUT2D eigenvalue weighted by Gasteiger charge is 2.25. The van der Waals surface area contributed by atoms with E-state index in [2.05, 4.69) is 11.5 Å². The molecule has 0 aliphatic carbocycles. The Hall–Kier alpha value is -4.24. The molecule has 0 fully saturated rings. The van der Waals surface area contributed by atoms with Crippen LogP contribution in [-0.4, -0.2) is 34.9 Å². The largest absolute Gasteiger partial charge is 0.493 e. The molecule has 0 amide bonds. The van der Waals surface area contributed by atoms with Crippen molar-refractivity contribution in [1.82, 2.24) is 18.7 Å². The van der Waals surface area contributed by atoms with Crippen molar-refractivity contribution in [3.63, 3.8) is 0 Å². The number of fused-ring (bicyclic) bond motifs is 2. The second-order valence-electron chi connectivity index (χ2n) is 9.74. The van der Waals surface area contributed by atoms with E-state index < -0.39 is 5.97 Å². The summed E-state index contributed by atoms with van der Waals surface area (Å²) in [6.45, 7) is 2.56. The van der Waals surface area contributed by atoms with E-state index in [1.807, 2.05) is 60.7 Å². The van der Waals surface area contributed by atoms with Gasteiger partial charge in [-0.15, -0.1) is 11.8 Å². The molecule has 39 heavy (non-hydrogen) atoms. The number of benzene rings is 3. The Balaban J connectivity index is 1.45. The Morgan fingerprint density at radius 3 is 2.64 bits per heavy atom. The molecule has 0 unspecified atom stereocenters. The number of hydrogen-bond acceptors (Lipinski definition) is 5. The number of hydrogen-bond donors (Lipinski definition) is 2. The van der Waals surface area contributed by atoms with Crippen LogP contribution in [0.15, 0.2) is 71.5 Å². The fraction of sp³-hybridized carbons (Fsp3) is 0.233. The molecule has 1 aliphatic rings. The van der Waals surface area contributed by atoms with Crippen LogP contribution in [0, 0.1) is 0 Å². The minimum absolute atomic E-state index is 0.0239. The third kappa shape index (κ3) is 4.42. The van der Waals surface area contributed by atoms with Gasteiger partial charge in [0, 0.05) is 18.7 Å². The van der Waals surface area contributed by atoms with E-state index in [1.165, 1.54) is 4.57 Å². The molecule has 6 rings (SSSR count). The molecule has 3 aromatic carbocycles. The summed E-state index contributed by atoms with van der Waals surface area (Å²) in [6, 6.07) is 20.6. The monoisotopic (exact) mass is 540 g/mol. The molecule has 0 bridgehead atoms. The first-order valence-corrected chi connectivity index (χ1v) is 14.1. The molecule has 2 aromatic heterocycles. The van der Waals surface area contributed by atoms with Gasteiger partial charge in [0.25, 0.3) is 0 Å². The van der Waals surface area contributed by atoms with Gasteiger partial charge in [-0.2, -0.15) is 0 Å². The average molecular weight is 541 g/mol. The van der Waals surface area contributed by atoms with E-state index in [-0.39, 0.29) is 17.1 Å². The van der Waals surface area contributed by atoms with Gasteiger partial charge in [0.05, 0.1) is 33.9 Å². The molecule has 3 heterocycles. The van der Waals surface area contributed by atoms with Crippen LogP contribution in [-0.2, 0) is 24.6 Å². The second-order valence-corrected chi connectivity index (χ2v) is 10.7. The maximum absolute atomic E-state index is 13.1. The minimum Gasteiger partial charge on any atom is -0.493 e. The van der Waals surface area contributed by atoms with Crippen LogP contribution in [0.1, 0.15) is 47.2 Å². The molecule has 0 spiro atoms. The summed E-state index contributed by atoms with van der Waals surface area (Å²) in [4.78, 5) is 30.2. The number of carboxylic acids is 1. The highest BCUT2D eigenvalue weighted by Crippen LogP contribution is 2.32. The van der Waals surface area contributed by atoms with Gasteiger partial charge in [0.1, 0.15) is 5.82 Å². The number of nitrogens with zero attached hydrogens (tertiary/aromatic N) is 4. The van der Waals surface area contributed by atoms with Gasteiger partial charge in [-0.25, -0.2) is 19.1 Å². The Labute approximate surface area is 229 Å². The minimum atomic E-state index is -0.977. The van der Waals surface area contributed by atoms with Gasteiger partial charge in [0.15, 0.2) is 0 Å². The van der Waals surface area contributed by atoms with Gasteiger partial charge < -0.3 is 14.8 Å². The van der Waals surface area contributed by atoms with Crippen LogP contribution in [0.2, 0.25) is 0 Å². The van der Waals surface area contributed by atoms with Crippen LogP contribution in [0.4, 0.5) is 0 Å². The molecule has 0 saturated heterocycles. The van der Waals surface area contributed by atoms with Crippen LogP contribution in [0.5, 0.6) is 5.88 Å². The number of aromatic carboxylic acids is 1. The number of aromatic hydroxyl groups is 1. The molecule has 0 radical (unpaired) electrons. The number of imidazole rings is 2. The molecule has 1 aliphatic heterocycles. The standard InChI is InChI=1S/C30H28N4O4S/c1-2-3-9-27-31-24-13-11-21(34-28(35)26-17-39-18-33(26)30(34)38)15-25(24)32(27)16-19-10-12-22(23(14-19)29(36)37)20-7-5-4-6-8-20/h4-8,10-15,35H,2-3,9,16-18H2,1H3,(H,36,37). The molecule has 198 valence electrons. The Morgan fingerprint density at radius 1 is 1.08 bits per heavy atom. The third-order valence-corrected chi connectivity index (χ3v) is 8.16. The first-order valence-electron chi connectivity index (χ1n) is 13.0. The summed E-state index contributed by atoms with van der Waals surface area (Å²) in [6.07, 6.45) is 2.76. The van der Waals surface area contributed by atoms with Crippen molar-refractivity contribution in [1.29, 1.82) is 0 Å². The number of aryl methyl sites for hydroxylation is 1. The van der Waals surface area contributed by atoms with Crippen molar-refractivity contribution >= 4 is 28.8 Å². The van der Waals surface area contributed by atoms with E-state index in [9.17, 15) is 19.8 Å². The summed E-state index contributed by atoms with van der Waals surface area (Å²) >= 11 is 1.60. The van der Waals surface area contributed by atoms with Gasteiger partial charge >= 0.3 is 11.7 Å². The average Bonchev–Trinajstić information content (AvgIpc) is 3.63. The topological polar surface area (TPSA) is 102 Å². The van der Waals surface area contributed by atoms with Crippen molar-refractivity contribution in [3.8, 4) is 22.7 Å². The highest BCUT2D eigenvalue weighted by molar-refractivity contribution is 7.97. The lowest BCUT2D eigenvalue weighted by Crippen LogP contribution is -2.21. The van der Waals surface area contributed by atoms with Gasteiger partial charge in [-0.3, -0.25) is 4.57 Å². The van der Waals surface area contributed by atoms with Crippen LogP contribution in [0.3, 0.4) is 0 Å². The summed E-state index contributed by atoms with van der Waals surface area (Å²) in [5, 5.41) is 20.8. The summed E-state index contributed by atoms with van der Waals surface area (Å²) in [5.41, 5.74) is 5.19. The van der Waals surface area contributed by atoms with E-state index >= 15 is 0 Å². The smallest absolute Gasteiger partial charge is 0.336 e. The number of aromatic nitrogens is 4. The third-order valence-electron chi connectivity index (χ3n) is 7.24. The summed E-state index contributed by atoms with van der Waals surface area (Å²) in [5.74, 6) is 1.03. The molecule has 5 aromatic rings. The van der Waals surface area contributed by atoms with Gasteiger partial charge in [-0.1, -0.05) is 55.8 Å². The zero-order valence-corrected chi connectivity index (χ0v) is 22.3. The van der Waals surface area contributed by atoms with E-state index in [0.29, 0.717) is 35.1 Å². The van der Waals surface area contributed by atoms with Crippen molar-refractivity contribution < 1.29 is 15.0 Å². The number of carbonyl (C=O) groups is 1. The Bertz CT molecular complexity index is 1770. The first kappa shape index (κ1) is 25.1. The molecular weight excluding hydrogens is 512 g/mol. The Morgan fingerprint density at radius 2 is 1.90 bits per heavy atom. The Kier molecular flexibility index (Phi) is 6.52. The summed E-state index contributed by atoms with van der Waals surface area (Å²) < 4.78 is 5.06. The predicted molar refractivity (Wildman–Crippen MR) is 153 cm³/mol. The lowest BCUT2D eigenvalue weighted by Gasteiger charge is -2.13. The maximum Gasteiger partial charge on any atom is 0.336 e. The molecule has 0 atom stereocenters. The maximum atomic E-state index is 13.1. The van der Waals surface area contributed by atoms with Crippen LogP contribution < -0.4 is 5.69 Å². The zero-order valence-electron chi connectivity index (χ0n) is 21.5. The van der Waals surface area contributed by atoms with E-state index in [4.69, 9.17) is 4.98 Å². The molecule has 9 heteroatoms.